The summed E-state index contributed by atoms with van der Waals surface area (Å²) >= 11 is 0. The van der Waals surface area contributed by atoms with Gasteiger partial charge in [0.05, 0.1) is 5.56 Å². The van der Waals surface area contributed by atoms with Gasteiger partial charge in [0.15, 0.2) is 0 Å². The van der Waals surface area contributed by atoms with E-state index in [0.29, 0.717) is 6.42 Å². The molecule has 2 aromatic rings. The molecule has 0 aliphatic carbocycles. The maximum absolute atomic E-state index is 15.7. The molecule has 0 bridgehead atoms. The Kier molecular flexibility index (Phi) is 6.45. The molecule has 35 heavy (non-hydrogen) atoms. The monoisotopic (exact) mass is 486 g/mol. The molecular weight excluding hydrogens is 451 g/mol. The number of hydrogen-bond donors (Lipinski definition) is 1. The molecule has 0 saturated carbocycles. The van der Waals surface area contributed by atoms with E-state index in [1.807, 2.05) is 35.3 Å². The van der Waals surface area contributed by atoms with Crippen molar-refractivity contribution in [1.82, 2.24) is 9.80 Å². The molecule has 0 amide bonds. The van der Waals surface area contributed by atoms with Crippen molar-refractivity contribution in [3.8, 4) is 5.75 Å². The highest BCUT2D eigenvalue weighted by Crippen LogP contribution is 2.46. The van der Waals surface area contributed by atoms with Gasteiger partial charge in [-0.05, 0) is 46.2 Å². The number of rotatable bonds is 7. The van der Waals surface area contributed by atoms with E-state index in [1.54, 1.807) is 0 Å². The van der Waals surface area contributed by atoms with Crippen LogP contribution in [0.15, 0.2) is 42.1 Å². The van der Waals surface area contributed by atoms with Crippen molar-refractivity contribution in [2.45, 2.75) is 64.4 Å². The molecule has 0 radical (unpaired) electrons. The number of quaternary nitrogens is 1. The van der Waals surface area contributed by atoms with Crippen LogP contribution in [0.2, 0.25) is 0 Å². The fourth-order valence-corrected chi connectivity index (χ4v) is 5.81. The first-order valence-corrected chi connectivity index (χ1v) is 12.6. The van der Waals surface area contributed by atoms with Gasteiger partial charge in [-0.15, -0.1) is 0 Å². The summed E-state index contributed by atoms with van der Waals surface area (Å²) in [5.41, 5.74) is 2.54. The molecule has 3 aliphatic heterocycles. The summed E-state index contributed by atoms with van der Waals surface area (Å²) in [6, 6.07) is 9.80. The van der Waals surface area contributed by atoms with E-state index in [2.05, 4.69) is 17.9 Å². The molecule has 2 aromatic carbocycles. The molecule has 2 atom stereocenters. The summed E-state index contributed by atoms with van der Waals surface area (Å²) in [7, 11) is 0. The molecule has 1 fully saturated rings. The summed E-state index contributed by atoms with van der Waals surface area (Å²) in [4.78, 5) is 4.17. The van der Waals surface area contributed by atoms with E-state index in [0.717, 1.165) is 48.6 Å². The minimum absolute atomic E-state index is 0.0362. The normalized spacial score (nSPS) is 23.3. The minimum Gasteiger partial charge on any atom is -0.488 e. The summed E-state index contributed by atoms with van der Waals surface area (Å²) < 4.78 is 52.2. The molecule has 3 aliphatic rings. The third kappa shape index (κ3) is 4.74. The highest BCUT2D eigenvalue weighted by molar-refractivity contribution is 5.79. The number of para-hydroxylation sites is 1. The third-order valence-corrected chi connectivity index (χ3v) is 7.29. The van der Waals surface area contributed by atoms with Crippen LogP contribution in [0.5, 0.6) is 5.75 Å². The molecule has 5 rings (SSSR count). The number of likely N-dealkylation sites (tertiary alicyclic amines) is 1. The van der Waals surface area contributed by atoms with Gasteiger partial charge in [0.25, 0.3) is 0 Å². The smallest absolute Gasteiger partial charge is 0.142 e. The van der Waals surface area contributed by atoms with Crippen LogP contribution in [-0.2, 0) is 0 Å². The molecule has 0 spiro atoms. The Hall–Kier alpha value is -2.35. The van der Waals surface area contributed by atoms with E-state index >= 15 is 8.78 Å². The predicted octanol–water partition coefficient (Wildman–Crippen LogP) is 4.94. The summed E-state index contributed by atoms with van der Waals surface area (Å²) in [6.07, 6.45) is 1.71. The van der Waals surface area contributed by atoms with Gasteiger partial charge in [-0.2, -0.15) is 0 Å². The van der Waals surface area contributed by atoms with Gasteiger partial charge in [-0.1, -0.05) is 19.1 Å². The van der Waals surface area contributed by atoms with E-state index in [1.165, 1.54) is 26.0 Å². The molecular formula is C28H35F3N3O+. The Morgan fingerprint density at radius 2 is 1.80 bits per heavy atom. The van der Waals surface area contributed by atoms with Crippen LogP contribution in [0.3, 0.4) is 0 Å². The van der Waals surface area contributed by atoms with E-state index in [4.69, 9.17) is 4.74 Å². The molecule has 3 heterocycles. The fraction of sp³-hybridized carbons (Fsp3) is 0.500. The zero-order chi connectivity index (χ0) is 24.9. The van der Waals surface area contributed by atoms with E-state index in [-0.39, 0.29) is 30.0 Å². The van der Waals surface area contributed by atoms with E-state index in [9.17, 15) is 4.39 Å². The summed E-state index contributed by atoms with van der Waals surface area (Å²) in [6.45, 7) is 9.76. The van der Waals surface area contributed by atoms with Crippen molar-refractivity contribution in [3.05, 3.63) is 64.9 Å². The molecule has 188 valence electrons. The van der Waals surface area contributed by atoms with Crippen LogP contribution in [0, 0.1) is 11.6 Å². The van der Waals surface area contributed by atoms with Gasteiger partial charge in [-0.25, -0.2) is 13.2 Å². The maximum atomic E-state index is 15.7. The molecule has 1 saturated heterocycles. The van der Waals surface area contributed by atoms with Crippen molar-refractivity contribution in [2.24, 2.45) is 0 Å². The van der Waals surface area contributed by atoms with Crippen LogP contribution in [0.25, 0.3) is 5.57 Å². The van der Waals surface area contributed by atoms with Gasteiger partial charge < -0.3 is 4.74 Å². The van der Waals surface area contributed by atoms with Gasteiger partial charge >= 0.3 is 0 Å². The second kappa shape index (κ2) is 9.26. The molecule has 7 heteroatoms. The van der Waals surface area contributed by atoms with Crippen LogP contribution < -0.4 is 10.1 Å². The minimum atomic E-state index is -1.51. The van der Waals surface area contributed by atoms with Crippen molar-refractivity contribution in [1.29, 1.82) is 0 Å². The zero-order valence-corrected chi connectivity index (χ0v) is 21.0. The Labute approximate surface area is 205 Å². The summed E-state index contributed by atoms with van der Waals surface area (Å²) in [5.74, 6) is -1.09. The first-order valence-electron chi connectivity index (χ1n) is 12.6. The van der Waals surface area contributed by atoms with E-state index < -0.39 is 23.3 Å². The number of alkyl halides is 1. The maximum Gasteiger partial charge on any atom is 0.142 e. The Bertz CT molecular complexity index is 1110. The van der Waals surface area contributed by atoms with Crippen molar-refractivity contribution >= 4 is 11.3 Å². The Balaban J connectivity index is 1.50. The SMILES string of the molecule is CCCN1CC(Oc2cc(F)c(C3C4=C(CC(C)N3CC(C)(C)F)c3ccccc3[NH2+]4)c(F)c2)C1. The first-order chi connectivity index (χ1) is 16.6. The zero-order valence-electron chi connectivity index (χ0n) is 21.0. The second-order valence-electron chi connectivity index (χ2n) is 10.8. The lowest BCUT2D eigenvalue weighted by Gasteiger charge is -2.42. The van der Waals surface area contributed by atoms with Gasteiger partial charge in [-0.3, -0.25) is 15.1 Å². The number of benzene rings is 2. The highest BCUT2D eigenvalue weighted by atomic mass is 19.1. The van der Waals surface area contributed by atoms with Gasteiger partial charge in [0.1, 0.15) is 46.6 Å². The number of fused-ring (bicyclic) bond motifs is 2. The molecule has 0 aromatic heterocycles. The van der Waals surface area contributed by atoms with Crippen molar-refractivity contribution < 1.29 is 23.2 Å². The van der Waals surface area contributed by atoms with Gasteiger partial charge in [0.2, 0.25) is 0 Å². The van der Waals surface area contributed by atoms with Crippen molar-refractivity contribution in [2.75, 3.05) is 26.2 Å². The average Bonchev–Trinajstić information content (AvgIpc) is 3.11. The van der Waals surface area contributed by atoms with Crippen LogP contribution in [0.1, 0.15) is 57.7 Å². The lowest BCUT2D eigenvalue weighted by atomic mass is 9.86. The lowest BCUT2D eigenvalue weighted by Crippen LogP contribution is -2.77. The molecule has 2 N–H and O–H groups in total. The number of hydrogen-bond acceptors (Lipinski definition) is 3. The Morgan fingerprint density at radius 1 is 1.11 bits per heavy atom. The molecule has 2 unspecified atom stereocenters. The van der Waals surface area contributed by atoms with Crippen LogP contribution >= 0.6 is 0 Å². The standard InChI is InChI=1S/C28H34F3N3O/c1-5-10-33-14-19(15-33)35-18-12-22(29)25(23(30)13-18)27-26-21(20-8-6-7-9-24(20)32-26)11-17(2)34(27)16-28(3,4)31/h6-9,12-13,17,19,27,32H,5,10-11,14-16H2,1-4H3/p+1. The topological polar surface area (TPSA) is 32.3 Å². The predicted molar refractivity (Wildman–Crippen MR) is 131 cm³/mol. The quantitative estimate of drug-likeness (QED) is 0.563. The first kappa shape index (κ1) is 24.3. The third-order valence-electron chi connectivity index (χ3n) is 7.29. The van der Waals surface area contributed by atoms with Gasteiger partial charge in [0, 0.05) is 55.0 Å². The lowest BCUT2D eigenvalue weighted by molar-refractivity contribution is -0.521. The highest BCUT2D eigenvalue weighted by Gasteiger charge is 2.46. The average molecular weight is 487 g/mol. The number of nitrogens with zero attached hydrogens (tertiary/aromatic N) is 2. The largest absolute Gasteiger partial charge is 0.488 e. The molecule has 4 nitrogen and oxygen atoms in total. The second-order valence-corrected chi connectivity index (χ2v) is 10.8. The number of nitrogens with two attached hydrogens (primary N) is 1. The van der Waals surface area contributed by atoms with Crippen LogP contribution in [-0.4, -0.2) is 53.8 Å². The van der Waals surface area contributed by atoms with Crippen molar-refractivity contribution in [3.63, 3.8) is 0 Å². The Morgan fingerprint density at radius 3 is 2.46 bits per heavy atom. The summed E-state index contributed by atoms with van der Waals surface area (Å²) in [5, 5.41) is 2.01. The number of ether oxygens (including phenoxy) is 1. The number of halogens is 3. The fourth-order valence-electron chi connectivity index (χ4n) is 5.81. The van der Waals surface area contributed by atoms with Crippen LogP contribution in [0.4, 0.5) is 18.9 Å².